The molecule has 0 radical (unpaired) electrons. The van der Waals surface area contributed by atoms with E-state index in [1.54, 1.807) is 24.3 Å². The van der Waals surface area contributed by atoms with Crippen molar-refractivity contribution in [3.63, 3.8) is 0 Å². The largest absolute Gasteiger partial charge is 0.319 e. The first-order valence-electron chi connectivity index (χ1n) is 5.08. The number of nitrogens with one attached hydrogen (secondary N) is 1. The van der Waals surface area contributed by atoms with Crippen LogP contribution in [0.15, 0.2) is 42.5 Å². The second-order valence-corrected chi connectivity index (χ2v) is 5.27. The van der Waals surface area contributed by atoms with E-state index in [0.717, 1.165) is 3.57 Å². The van der Waals surface area contributed by atoms with E-state index in [9.17, 15) is 9.18 Å². The lowest BCUT2D eigenvalue weighted by Gasteiger charge is -2.07. The molecule has 0 saturated heterocycles. The van der Waals surface area contributed by atoms with Gasteiger partial charge in [0.2, 0.25) is 0 Å². The first kappa shape index (κ1) is 13.3. The van der Waals surface area contributed by atoms with Crippen LogP contribution >= 0.6 is 34.2 Å². The summed E-state index contributed by atoms with van der Waals surface area (Å²) >= 11 is 7.79. The molecule has 2 rings (SSSR count). The summed E-state index contributed by atoms with van der Waals surface area (Å²) in [4.78, 5) is 11.9. The Morgan fingerprint density at radius 1 is 1.22 bits per heavy atom. The van der Waals surface area contributed by atoms with Gasteiger partial charge in [0, 0.05) is 14.2 Å². The predicted octanol–water partition coefficient (Wildman–Crippen LogP) is 4.34. The van der Waals surface area contributed by atoms with Crippen LogP contribution in [0.4, 0.5) is 10.1 Å². The molecule has 0 saturated carbocycles. The average molecular weight is 376 g/mol. The van der Waals surface area contributed by atoms with E-state index in [4.69, 9.17) is 11.6 Å². The SMILES string of the molecule is O=C(Nc1ccc(I)cc1F)c1cccc(Cl)c1. The lowest BCUT2D eigenvalue weighted by molar-refractivity contribution is 0.102. The molecular formula is C13H8ClFINO. The molecule has 92 valence electrons. The maximum absolute atomic E-state index is 13.6. The molecule has 1 amide bonds. The van der Waals surface area contributed by atoms with Crippen LogP contribution in [-0.4, -0.2) is 5.91 Å². The number of hydrogen-bond acceptors (Lipinski definition) is 1. The van der Waals surface area contributed by atoms with Crippen LogP contribution in [0.3, 0.4) is 0 Å². The molecule has 18 heavy (non-hydrogen) atoms. The zero-order valence-electron chi connectivity index (χ0n) is 9.08. The summed E-state index contributed by atoms with van der Waals surface area (Å²) in [6.45, 7) is 0. The van der Waals surface area contributed by atoms with E-state index in [-0.39, 0.29) is 5.69 Å². The minimum atomic E-state index is -0.461. The van der Waals surface area contributed by atoms with Gasteiger partial charge in [0.05, 0.1) is 5.69 Å². The number of carbonyl (C=O) groups excluding carboxylic acids is 1. The van der Waals surface area contributed by atoms with Crippen molar-refractivity contribution >= 4 is 45.8 Å². The highest BCUT2D eigenvalue weighted by molar-refractivity contribution is 14.1. The molecule has 0 fully saturated rings. The van der Waals surface area contributed by atoms with Crippen molar-refractivity contribution in [2.75, 3.05) is 5.32 Å². The summed E-state index contributed by atoms with van der Waals surface area (Å²) in [7, 11) is 0. The van der Waals surface area contributed by atoms with Gasteiger partial charge in [-0.2, -0.15) is 0 Å². The predicted molar refractivity (Wildman–Crippen MR) is 78.5 cm³/mol. The van der Waals surface area contributed by atoms with Crippen LogP contribution in [0, 0.1) is 9.39 Å². The Kier molecular flexibility index (Phi) is 4.19. The Balaban J connectivity index is 2.21. The second kappa shape index (κ2) is 5.67. The molecule has 0 aromatic heterocycles. The Morgan fingerprint density at radius 3 is 2.67 bits per heavy atom. The van der Waals surface area contributed by atoms with E-state index in [1.165, 1.54) is 18.2 Å². The van der Waals surface area contributed by atoms with Gasteiger partial charge >= 0.3 is 0 Å². The smallest absolute Gasteiger partial charge is 0.255 e. The fourth-order valence-corrected chi connectivity index (χ4v) is 2.06. The third-order valence-electron chi connectivity index (χ3n) is 2.27. The van der Waals surface area contributed by atoms with Crippen molar-refractivity contribution in [2.24, 2.45) is 0 Å². The molecule has 1 N–H and O–H groups in total. The van der Waals surface area contributed by atoms with Gasteiger partial charge in [-0.25, -0.2) is 4.39 Å². The number of carbonyl (C=O) groups is 1. The van der Waals surface area contributed by atoms with Crippen molar-refractivity contribution in [2.45, 2.75) is 0 Å². The number of hydrogen-bond donors (Lipinski definition) is 1. The van der Waals surface area contributed by atoms with Crippen LogP contribution in [0.25, 0.3) is 0 Å². The third kappa shape index (κ3) is 3.20. The molecule has 2 aromatic rings. The zero-order valence-corrected chi connectivity index (χ0v) is 12.0. The van der Waals surface area contributed by atoms with Crippen molar-refractivity contribution in [3.8, 4) is 0 Å². The molecule has 0 spiro atoms. The third-order valence-corrected chi connectivity index (χ3v) is 3.17. The molecule has 0 atom stereocenters. The molecule has 2 nitrogen and oxygen atoms in total. The Morgan fingerprint density at radius 2 is 2.00 bits per heavy atom. The van der Waals surface area contributed by atoms with E-state index < -0.39 is 11.7 Å². The topological polar surface area (TPSA) is 29.1 Å². The van der Waals surface area contributed by atoms with Crippen LogP contribution < -0.4 is 5.32 Å². The van der Waals surface area contributed by atoms with Crippen LogP contribution in [0.2, 0.25) is 5.02 Å². The van der Waals surface area contributed by atoms with E-state index in [0.29, 0.717) is 10.6 Å². The molecule has 0 aliphatic carbocycles. The van der Waals surface area contributed by atoms with Crippen LogP contribution in [0.1, 0.15) is 10.4 Å². The van der Waals surface area contributed by atoms with Gasteiger partial charge in [0.15, 0.2) is 0 Å². The summed E-state index contributed by atoms with van der Waals surface area (Å²) in [5.41, 5.74) is 0.542. The molecule has 5 heteroatoms. The highest BCUT2D eigenvalue weighted by atomic mass is 127. The van der Waals surface area contributed by atoms with E-state index >= 15 is 0 Å². The van der Waals surface area contributed by atoms with E-state index in [2.05, 4.69) is 5.32 Å². The van der Waals surface area contributed by atoms with Crippen LogP contribution in [-0.2, 0) is 0 Å². The van der Waals surface area contributed by atoms with Gasteiger partial charge in [-0.15, -0.1) is 0 Å². The second-order valence-electron chi connectivity index (χ2n) is 3.59. The fourth-order valence-electron chi connectivity index (χ4n) is 1.42. The van der Waals surface area contributed by atoms with Gasteiger partial charge in [-0.3, -0.25) is 4.79 Å². The monoisotopic (exact) mass is 375 g/mol. The molecule has 0 heterocycles. The maximum atomic E-state index is 13.6. The lowest BCUT2D eigenvalue weighted by atomic mass is 10.2. The van der Waals surface area contributed by atoms with Gasteiger partial charge in [0.1, 0.15) is 5.82 Å². The van der Waals surface area contributed by atoms with Crippen molar-refractivity contribution < 1.29 is 9.18 Å². The van der Waals surface area contributed by atoms with Crippen molar-refractivity contribution in [1.82, 2.24) is 0 Å². The minimum absolute atomic E-state index is 0.153. The van der Waals surface area contributed by atoms with Crippen molar-refractivity contribution in [1.29, 1.82) is 0 Å². The summed E-state index contributed by atoms with van der Waals surface area (Å²) in [6.07, 6.45) is 0. The van der Waals surface area contributed by atoms with Gasteiger partial charge in [0.25, 0.3) is 5.91 Å². The fraction of sp³-hybridized carbons (Fsp3) is 0. The Hall–Kier alpha value is -1.14. The molecule has 2 aromatic carbocycles. The molecule has 0 bridgehead atoms. The number of benzene rings is 2. The standard InChI is InChI=1S/C13H8ClFINO/c14-9-3-1-2-8(6-9)13(18)17-12-5-4-10(16)7-11(12)15/h1-7H,(H,17,18). The number of amides is 1. The quantitative estimate of drug-likeness (QED) is 0.778. The minimum Gasteiger partial charge on any atom is -0.319 e. The molecule has 0 aliphatic rings. The number of anilines is 1. The first-order chi connectivity index (χ1) is 8.56. The summed E-state index contributed by atoms with van der Waals surface area (Å²) < 4.78 is 14.3. The highest BCUT2D eigenvalue weighted by Crippen LogP contribution is 2.18. The summed E-state index contributed by atoms with van der Waals surface area (Å²) in [5.74, 6) is -0.852. The molecular weight excluding hydrogens is 368 g/mol. The average Bonchev–Trinajstić information content (AvgIpc) is 2.32. The summed E-state index contributed by atoms with van der Waals surface area (Å²) in [5, 5.41) is 2.97. The van der Waals surface area contributed by atoms with Gasteiger partial charge < -0.3 is 5.32 Å². The van der Waals surface area contributed by atoms with Crippen LogP contribution in [0.5, 0.6) is 0 Å². The molecule has 0 aliphatic heterocycles. The van der Waals surface area contributed by atoms with Gasteiger partial charge in [-0.05, 0) is 59.0 Å². The Bertz CT molecular complexity index is 603. The zero-order chi connectivity index (χ0) is 13.1. The number of halogens is 3. The van der Waals surface area contributed by atoms with Crippen molar-refractivity contribution in [3.05, 3.63) is 62.4 Å². The first-order valence-corrected chi connectivity index (χ1v) is 6.54. The number of rotatable bonds is 2. The van der Waals surface area contributed by atoms with E-state index in [1.807, 2.05) is 22.6 Å². The maximum Gasteiger partial charge on any atom is 0.255 e. The normalized spacial score (nSPS) is 10.2. The summed E-state index contributed by atoms with van der Waals surface area (Å²) in [6, 6.07) is 11.1. The molecule has 0 unspecified atom stereocenters. The Labute approximate surface area is 122 Å². The highest BCUT2D eigenvalue weighted by Gasteiger charge is 2.09. The lowest BCUT2D eigenvalue weighted by Crippen LogP contribution is -2.12. The van der Waals surface area contributed by atoms with Gasteiger partial charge in [-0.1, -0.05) is 17.7 Å².